The highest BCUT2D eigenvalue weighted by Gasteiger charge is 2.17. The molecule has 6 heteroatoms. The molecule has 1 heterocycles. The predicted octanol–water partition coefficient (Wildman–Crippen LogP) is 1.05. The van der Waals surface area contributed by atoms with E-state index in [1.54, 1.807) is 29.2 Å². The number of aromatic nitrogens is 3. The largest absolute Gasteiger partial charge is 0.399 e. The number of hydrogen-bond acceptors (Lipinski definition) is 4. The predicted molar refractivity (Wildman–Crippen MR) is 64.6 cm³/mol. The number of carbonyl (C=O) groups is 1. The molecular formula is C11H13N5O. The van der Waals surface area contributed by atoms with Gasteiger partial charge in [-0.2, -0.15) is 15.4 Å². The Morgan fingerprint density at radius 1 is 1.41 bits per heavy atom. The van der Waals surface area contributed by atoms with Crippen LogP contribution in [0.1, 0.15) is 17.4 Å². The smallest absolute Gasteiger partial charge is 0.280 e. The highest BCUT2D eigenvalue weighted by atomic mass is 16.2. The number of aromatic amines is 1. The number of nitrogens with two attached hydrogens (primary N) is 1. The summed E-state index contributed by atoms with van der Waals surface area (Å²) in [5.41, 5.74) is 7.36. The Bertz CT molecular complexity index is 491. The third-order valence-electron chi connectivity index (χ3n) is 2.40. The van der Waals surface area contributed by atoms with E-state index in [2.05, 4.69) is 15.4 Å². The van der Waals surface area contributed by atoms with Gasteiger partial charge < -0.3 is 10.6 Å². The van der Waals surface area contributed by atoms with Crippen LogP contribution in [0.15, 0.2) is 30.5 Å². The fraction of sp³-hybridized carbons (Fsp3) is 0.182. The molecule has 0 atom stereocenters. The highest BCUT2D eigenvalue weighted by molar-refractivity contribution is 6.04. The molecule has 0 fully saturated rings. The number of nitrogen functional groups attached to an aromatic ring is 1. The third kappa shape index (κ3) is 2.25. The average molecular weight is 231 g/mol. The number of amides is 1. The maximum absolute atomic E-state index is 12.1. The molecular weight excluding hydrogens is 218 g/mol. The van der Waals surface area contributed by atoms with Gasteiger partial charge in [-0.05, 0) is 31.2 Å². The van der Waals surface area contributed by atoms with Crippen molar-refractivity contribution < 1.29 is 4.79 Å². The lowest BCUT2D eigenvalue weighted by molar-refractivity contribution is 0.0983. The molecule has 2 aromatic rings. The summed E-state index contributed by atoms with van der Waals surface area (Å²) < 4.78 is 0. The monoisotopic (exact) mass is 231 g/mol. The molecule has 2 rings (SSSR count). The second-order valence-electron chi connectivity index (χ2n) is 3.50. The Morgan fingerprint density at radius 2 is 2.12 bits per heavy atom. The molecule has 1 amide bonds. The van der Waals surface area contributed by atoms with Crippen LogP contribution >= 0.6 is 0 Å². The van der Waals surface area contributed by atoms with E-state index in [0.717, 1.165) is 5.69 Å². The summed E-state index contributed by atoms with van der Waals surface area (Å²) in [7, 11) is 0. The summed E-state index contributed by atoms with van der Waals surface area (Å²) in [6.45, 7) is 2.45. The molecule has 0 aliphatic heterocycles. The lowest BCUT2D eigenvalue weighted by Gasteiger charge is -2.19. The van der Waals surface area contributed by atoms with Crippen LogP contribution in [0.2, 0.25) is 0 Å². The zero-order valence-corrected chi connectivity index (χ0v) is 9.42. The molecule has 0 spiro atoms. The molecule has 0 radical (unpaired) electrons. The number of hydrogen-bond donors (Lipinski definition) is 2. The molecule has 6 nitrogen and oxygen atoms in total. The fourth-order valence-electron chi connectivity index (χ4n) is 1.54. The first-order valence-corrected chi connectivity index (χ1v) is 5.25. The van der Waals surface area contributed by atoms with Crippen LogP contribution in [0.4, 0.5) is 11.4 Å². The Labute approximate surface area is 98.4 Å². The molecule has 0 saturated carbocycles. The van der Waals surface area contributed by atoms with Crippen molar-refractivity contribution in [2.45, 2.75) is 6.92 Å². The molecule has 88 valence electrons. The molecule has 1 aromatic carbocycles. The molecule has 1 aromatic heterocycles. The summed E-state index contributed by atoms with van der Waals surface area (Å²) in [4.78, 5) is 13.7. The average Bonchev–Trinajstić information content (AvgIpc) is 2.86. The summed E-state index contributed by atoms with van der Waals surface area (Å²) in [6, 6.07) is 7.12. The topological polar surface area (TPSA) is 87.9 Å². The first kappa shape index (κ1) is 11.1. The first-order chi connectivity index (χ1) is 8.22. The van der Waals surface area contributed by atoms with Gasteiger partial charge in [0.05, 0.1) is 6.20 Å². The summed E-state index contributed by atoms with van der Waals surface area (Å²) >= 11 is 0. The Hall–Kier alpha value is -2.37. The standard InChI is InChI=1S/C11H13N5O/c1-2-16(9-5-3-8(12)4-6-9)11(17)10-7-13-15-14-10/h3-7H,2,12H2,1H3,(H,13,14,15). The number of benzene rings is 1. The van der Waals surface area contributed by atoms with Crippen molar-refractivity contribution in [2.75, 3.05) is 17.2 Å². The highest BCUT2D eigenvalue weighted by Crippen LogP contribution is 2.17. The quantitative estimate of drug-likeness (QED) is 0.773. The minimum Gasteiger partial charge on any atom is -0.399 e. The van der Waals surface area contributed by atoms with Crippen LogP contribution in [-0.2, 0) is 0 Å². The van der Waals surface area contributed by atoms with Gasteiger partial charge in [0.25, 0.3) is 5.91 Å². The van der Waals surface area contributed by atoms with Crippen molar-refractivity contribution >= 4 is 17.3 Å². The van der Waals surface area contributed by atoms with E-state index in [4.69, 9.17) is 5.73 Å². The van der Waals surface area contributed by atoms with Gasteiger partial charge in [0.1, 0.15) is 0 Å². The van der Waals surface area contributed by atoms with Gasteiger partial charge >= 0.3 is 0 Å². The van der Waals surface area contributed by atoms with Gasteiger partial charge in [0.2, 0.25) is 0 Å². The second kappa shape index (κ2) is 4.65. The van der Waals surface area contributed by atoms with Crippen LogP contribution in [0.5, 0.6) is 0 Å². The van der Waals surface area contributed by atoms with Crippen LogP contribution in [0, 0.1) is 0 Å². The van der Waals surface area contributed by atoms with Gasteiger partial charge in [0.15, 0.2) is 5.69 Å². The van der Waals surface area contributed by atoms with Crippen molar-refractivity contribution in [3.8, 4) is 0 Å². The van der Waals surface area contributed by atoms with E-state index in [-0.39, 0.29) is 5.91 Å². The van der Waals surface area contributed by atoms with Crippen molar-refractivity contribution in [1.82, 2.24) is 15.4 Å². The van der Waals surface area contributed by atoms with E-state index in [9.17, 15) is 4.79 Å². The lowest BCUT2D eigenvalue weighted by Crippen LogP contribution is -2.30. The number of rotatable bonds is 3. The lowest BCUT2D eigenvalue weighted by atomic mass is 10.2. The molecule has 0 aliphatic rings. The maximum Gasteiger partial charge on any atom is 0.280 e. The van der Waals surface area contributed by atoms with Crippen LogP contribution < -0.4 is 10.6 Å². The van der Waals surface area contributed by atoms with Crippen LogP contribution in [0.25, 0.3) is 0 Å². The van der Waals surface area contributed by atoms with Gasteiger partial charge in [-0.15, -0.1) is 0 Å². The molecule has 0 unspecified atom stereocenters. The first-order valence-electron chi connectivity index (χ1n) is 5.25. The minimum absolute atomic E-state index is 0.189. The summed E-state index contributed by atoms with van der Waals surface area (Å²) in [5, 5.41) is 9.82. The van der Waals surface area contributed by atoms with E-state index >= 15 is 0 Å². The fourth-order valence-corrected chi connectivity index (χ4v) is 1.54. The van der Waals surface area contributed by atoms with E-state index in [1.165, 1.54) is 6.20 Å². The SMILES string of the molecule is CCN(C(=O)c1cn[nH]n1)c1ccc(N)cc1. The van der Waals surface area contributed by atoms with Crippen molar-refractivity contribution in [3.63, 3.8) is 0 Å². The maximum atomic E-state index is 12.1. The van der Waals surface area contributed by atoms with Gasteiger partial charge in [-0.1, -0.05) is 0 Å². The normalized spacial score (nSPS) is 10.2. The number of carbonyl (C=O) groups excluding carboxylic acids is 1. The molecule has 0 bridgehead atoms. The zero-order valence-electron chi connectivity index (χ0n) is 9.42. The second-order valence-corrected chi connectivity index (χ2v) is 3.50. The molecule has 17 heavy (non-hydrogen) atoms. The minimum atomic E-state index is -0.189. The number of nitrogens with zero attached hydrogens (tertiary/aromatic N) is 3. The Kier molecular flexibility index (Phi) is 3.04. The van der Waals surface area contributed by atoms with Crippen LogP contribution in [0.3, 0.4) is 0 Å². The third-order valence-corrected chi connectivity index (χ3v) is 2.40. The molecule has 0 aliphatic carbocycles. The Balaban J connectivity index is 2.28. The van der Waals surface area contributed by atoms with Gasteiger partial charge in [0, 0.05) is 17.9 Å². The van der Waals surface area contributed by atoms with Crippen LogP contribution in [-0.4, -0.2) is 27.9 Å². The molecule has 3 N–H and O–H groups in total. The summed E-state index contributed by atoms with van der Waals surface area (Å²) in [6.07, 6.45) is 1.41. The number of nitrogens with one attached hydrogen (secondary N) is 1. The van der Waals surface area contributed by atoms with E-state index < -0.39 is 0 Å². The van der Waals surface area contributed by atoms with Crippen molar-refractivity contribution in [3.05, 3.63) is 36.2 Å². The van der Waals surface area contributed by atoms with E-state index in [0.29, 0.717) is 17.9 Å². The van der Waals surface area contributed by atoms with Crippen molar-refractivity contribution in [1.29, 1.82) is 0 Å². The number of anilines is 2. The Morgan fingerprint density at radius 3 is 2.65 bits per heavy atom. The van der Waals surface area contributed by atoms with E-state index in [1.807, 2.05) is 6.92 Å². The van der Waals surface area contributed by atoms with Gasteiger partial charge in [-0.3, -0.25) is 4.79 Å². The van der Waals surface area contributed by atoms with Crippen molar-refractivity contribution in [2.24, 2.45) is 0 Å². The van der Waals surface area contributed by atoms with Gasteiger partial charge in [-0.25, -0.2) is 0 Å². The number of H-pyrrole nitrogens is 1. The molecule has 0 saturated heterocycles. The zero-order chi connectivity index (χ0) is 12.3. The summed E-state index contributed by atoms with van der Waals surface area (Å²) in [5.74, 6) is -0.189.